The number of ether oxygens (including phenoxy) is 1. The van der Waals surface area contributed by atoms with Gasteiger partial charge in [0.25, 0.3) is 0 Å². The van der Waals surface area contributed by atoms with Crippen LogP contribution in [0.1, 0.15) is 20.3 Å². The highest BCUT2D eigenvalue weighted by atomic mass is 31.2. The Morgan fingerprint density at radius 2 is 2.07 bits per heavy atom. The molecule has 0 saturated carbocycles. The number of aliphatic hydroxyl groups excluding tert-OH is 2. The van der Waals surface area contributed by atoms with E-state index in [1.807, 2.05) is 0 Å². The largest absolute Gasteiger partial charge is 0.469 e. The van der Waals surface area contributed by atoms with Crippen molar-refractivity contribution >= 4 is 30.6 Å². The van der Waals surface area contributed by atoms with E-state index in [2.05, 4.69) is 19.5 Å². The lowest BCUT2D eigenvalue weighted by Gasteiger charge is -2.32. The van der Waals surface area contributed by atoms with Crippen LogP contribution in [0, 0.1) is 5.92 Å². The molecule has 1 saturated heterocycles. The summed E-state index contributed by atoms with van der Waals surface area (Å²) in [6.07, 6.45) is -2.61. The number of phosphoric ester groups is 1. The second-order valence-corrected chi connectivity index (χ2v) is 8.38. The number of ketones is 1. The minimum absolute atomic E-state index is 0.0317. The Kier molecular flexibility index (Phi) is 5.75. The Hall–Kier alpha value is -1.99. The van der Waals surface area contributed by atoms with Gasteiger partial charge in [-0.05, 0) is 5.92 Å². The van der Waals surface area contributed by atoms with Crippen LogP contribution < -0.4 is 5.73 Å². The van der Waals surface area contributed by atoms with Gasteiger partial charge in [-0.3, -0.25) is 13.9 Å². The van der Waals surface area contributed by atoms with Crippen LogP contribution >= 0.6 is 7.82 Å². The standard InChI is InChI=1S/C15H22N5O8P/c1-7(2)3-9(21)15(20-6-19-10-13(16)17-5-18-14(10)20)12(23)11(22)8(28-15)4-27-29(24,25)26/h5-8,11-12,22-23H,3-4H2,1-2H3,(H2,16,17,18)(H2,24,25,26)/t8-,11-,12-,15-/m1/s1. The fraction of sp³-hybridized carbons (Fsp3) is 0.600. The molecule has 1 aliphatic rings. The summed E-state index contributed by atoms with van der Waals surface area (Å²) in [5.41, 5.74) is 3.87. The number of hydrogen-bond acceptors (Lipinski definition) is 10. The molecule has 6 N–H and O–H groups in total. The molecule has 4 atom stereocenters. The van der Waals surface area contributed by atoms with Crippen molar-refractivity contribution < 1.29 is 38.6 Å². The molecule has 2 aromatic rings. The van der Waals surface area contributed by atoms with Crippen LogP contribution in [0.4, 0.5) is 5.82 Å². The van der Waals surface area contributed by atoms with Gasteiger partial charge in [0.05, 0.1) is 6.61 Å². The van der Waals surface area contributed by atoms with E-state index in [1.165, 1.54) is 6.33 Å². The number of aromatic nitrogens is 4. The van der Waals surface area contributed by atoms with E-state index < -0.39 is 44.2 Å². The summed E-state index contributed by atoms with van der Waals surface area (Å²) in [5, 5.41) is 21.3. The molecule has 0 radical (unpaired) electrons. The summed E-state index contributed by atoms with van der Waals surface area (Å²) >= 11 is 0. The van der Waals surface area contributed by atoms with Crippen LogP contribution in [-0.2, 0) is 24.3 Å². The normalized spacial score (nSPS) is 27.8. The summed E-state index contributed by atoms with van der Waals surface area (Å²) in [4.78, 5) is 43.0. The number of phosphoric acid groups is 1. The molecule has 2 aromatic heterocycles. The molecule has 0 aliphatic carbocycles. The molecule has 1 fully saturated rings. The summed E-state index contributed by atoms with van der Waals surface area (Å²) < 4.78 is 22.3. The van der Waals surface area contributed by atoms with Crippen LogP contribution in [0.15, 0.2) is 12.7 Å². The van der Waals surface area contributed by atoms with Crippen LogP contribution in [0.25, 0.3) is 11.2 Å². The fourth-order valence-electron chi connectivity index (χ4n) is 3.29. The molecule has 1 aliphatic heterocycles. The van der Waals surface area contributed by atoms with Gasteiger partial charge in [-0.15, -0.1) is 0 Å². The highest BCUT2D eigenvalue weighted by Gasteiger charge is 2.60. The zero-order chi connectivity index (χ0) is 21.6. The Labute approximate surface area is 164 Å². The minimum Gasteiger partial charge on any atom is -0.387 e. The van der Waals surface area contributed by atoms with Gasteiger partial charge in [0.1, 0.15) is 36.5 Å². The lowest BCUT2D eigenvalue weighted by Crippen LogP contribution is -2.52. The number of anilines is 1. The number of imidazole rings is 1. The minimum atomic E-state index is -4.87. The van der Waals surface area contributed by atoms with Crippen LogP contribution in [0.3, 0.4) is 0 Å². The third kappa shape index (κ3) is 3.90. The number of aliphatic hydroxyl groups is 2. The van der Waals surface area contributed by atoms with Gasteiger partial charge < -0.3 is 30.5 Å². The van der Waals surface area contributed by atoms with Gasteiger partial charge in [-0.25, -0.2) is 19.5 Å². The molecule has 0 amide bonds. The predicted octanol–water partition coefficient (Wildman–Crippen LogP) is -1.09. The van der Waals surface area contributed by atoms with E-state index in [0.717, 1.165) is 10.9 Å². The summed E-state index contributed by atoms with van der Waals surface area (Å²) in [6, 6.07) is 0. The van der Waals surface area contributed by atoms with Crippen molar-refractivity contribution in [2.24, 2.45) is 5.92 Å². The van der Waals surface area contributed by atoms with Crippen LogP contribution in [-0.4, -0.2) is 70.2 Å². The number of carbonyl (C=O) groups is 1. The predicted molar refractivity (Wildman–Crippen MR) is 97.1 cm³/mol. The molecular formula is C15H22N5O8P. The lowest BCUT2D eigenvalue weighted by molar-refractivity contribution is -0.174. The van der Waals surface area contributed by atoms with Gasteiger partial charge in [-0.1, -0.05) is 13.8 Å². The molecule has 3 heterocycles. The molecule has 3 rings (SSSR count). The van der Waals surface area contributed by atoms with E-state index in [0.29, 0.717) is 0 Å². The van der Waals surface area contributed by atoms with E-state index >= 15 is 0 Å². The molecule has 29 heavy (non-hydrogen) atoms. The fourth-order valence-corrected chi connectivity index (χ4v) is 3.63. The number of nitrogens with zero attached hydrogens (tertiary/aromatic N) is 4. The van der Waals surface area contributed by atoms with Crippen molar-refractivity contribution in [3.63, 3.8) is 0 Å². The molecule has 0 unspecified atom stereocenters. The molecule has 13 nitrogen and oxygen atoms in total. The van der Waals surface area contributed by atoms with Crippen LogP contribution in [0.2, 0.25) is 0 Å². The second-order valence-electron chi connectivity index (χ2n) is 7.14. The van der Waals surface area contributed by atoms with Gasteiger partial charge in [-0.2, -0.15) is 0 Å². The number of carbonyl (C=O) groups excluding carboxylic acids is 1. The number of fused-ring (bicyclic) bond motifs is 1. The highest BCUT2D eigenvalue weighted by Crippen LogP contribution is 2.42. The average Bonchev–Trinajstić information content (AvgIpc) is 3.15. The third-order valence-electron chi connectivity index (χ3n) is 4.56. The molecule has 0 bridgehead atoms. The first-order valence-corrected chi connectivity index (χ1v) is 10.2. The smallest absolute Gasteiger partial charge is 0.387 e. The topological polar surface area (TPSA) is 203 Å². The van der Waals surface area contributed by atoms with Gasteiger partial charge in [0.15, 0.2) is 17.2 Å². The molecule has 0 spiro atoms. The maximum atomic E-state index is 13.2. The summed E-state index contributed by atoms with van der Waals surface area (Å²) in [7, 11) is -4.87. The SMILES string of the molecule is CC(C)CC(=O)[C@@]1(n2cnc3c(N)ncnc32)O[C@H](COP(=O)(O)O)[C@@H](O)[C@H]1O. The van der Waals surface area contributed by atoms with Crippen molar-refractivity contribution in [1.29, 1.82) is 0 Å². The average molecular weight is 431 g/mol. The Morgan fingerprint density at radius 1 is 1.38 bits per heavy atom. The molecule has 0 aromatic carbocycles. The summed E-state index contributed by atoms with van der Waals surface area (Å²) in [6.45, 7) is 2.80. The first-order chi connectivity index (χ1) is 13.5. The van der Waals surface area contributed by atoms with Crippen molar-refractivity contribution in [1.82, 2.24) is 19.5 Å². The van der Waals surface area contributed by atoms with E-state index in [-0.39, 0.29) is 29.3 Å². The molecule has 14 heteroatoms. The monoisotopic (exact) mass is 431 g/mol. The lowest BCUT2D eigenvalue weighted by atomic mass is 9.92. The quantitative estimate of drug-likeness (QED) is 0.332. The van der Waals surface area contributed by atoms with E-state index in [4.69, 9.17) is 20.3 Å². The van der Waals surface area contributed by atoms with E-state index in [1.54, 1.807) is 13.8 Å². The van der Waals surface area contributed by atoms with Crippen molar-refractivity contribution in [2.75, 3.05) is 12.3 Å². The van der Waals surface area contributed by atoms with Gasteiger partial charge >= 0.3 is 7.82 Å². The van der Waals surface area contributed by atoms with E-state index in [9.17, 15) is 19.6 Å². The molecular weight excluding hydrogens is 409 g/mol. The zero-order valence-corrected chi connectivity index (χ0v) is 16.5. The Balaban J connectivity index is 2.10. The number of Topliss-reactive ketones (excluding diaryl/α,β-unsaturated/α-hetero) is 1. The first-order valence-electron chi connectivity index (χ1n) is 8.68. The second kappa shape index (κ2) is 7.69. The van der Waals surface area contributed by atoms with Gasteiger partial charge in [0, 0.05) is 6.42 Å². The first kappa shape index (κ1) is 21.7. The number of nitrogens with two attached hydrogens (primary N) is 1. The highest BCUT2D eigenvalue weighted by molar-refractivity contribution is 7.46. The van der Waals surface area contributed by atoms with Crippen molar-refractivity contribution in [3.8, 4) is 0 Å². The number of hydrogen-bond donors (Lipinski definition) is 5. The summed E-state index contributed by atoms with van der Waals surface area (Å²) in [5.74, 6) is -0.670. The third-order valence-corrected chi connectivity index (χ3v) is 5.04. The van der Waals surface area contributed by atoms with Crippen molar-refractivity contribution in [3.05, 3.63) is 12.7 Å². The Bertz CT molecular complexity index is 961. The van der Waals surface area contributed by atoms with Crippen molar-refractivity contribution in [2.45, 2.75) is 44.3 Å². The molecule has 160 valence electrons. The zero-order valence-electron chi connectivity index (χ0n) is 15.6. The number of nitrogen functional groups attached to an aromatic ring is 1. The van der Waals surface area contributed by atoms with Crippen LogP contribution in [0.5, 0.6) is 0 Å². The van der Waals surface area contributed by atoms with Gasteiger partial charge in [0.2, 0.25) is 5.72 Å². The maximum Gasteiger partial charge on any atom is 0.469 e. The maximum absolute atomic E-state index is 13.2. The number of rotatable bonds is 7. The Morgan fingerprint density at radius 3 is 2.69 bits per heavy atom.